The summed E-state index contributed by atoms with van der Waals surface area (Å²) >= 11 is 0. The lowest BCUT2D eigenvalue weighted by atomic mass is 10.1. The third-order valence-electron chi connectivity index (χ3n) is 2.72. The SMILES string of the molecule is CCCCC(C)n1nnnc1CNCCOC. The maximum absolute atomic E-state index is 4.97. The summed E-state index contributed by atoms with van der Waals surface area (Å²) < 4.78 is 6.88. The molecule has 0 fully saturated rings. The van der Waals surface area contributed by atoms with Crippen LogP contribution >= 0.6 is 0 Å². The quantitative estimate of drug-likeness (QED) is 0.657. The normalized spacial score (nSPS) is 12.9. The van der Waals surface area contributed by atoms with Crippen LogP contribution in [0.3, 0.4) is 0 Å². The van der Waals surface area contributed by atoms with Crippen LogP contribution in [0.2, 0.25) is 0 Å². The molecule has 1 aromatic rings. The highest BCUT2D eigenvalue weighted by atomic mass is 16.5. The first-order valence-electron chi connectivity index (χ1n) is 6.26. The Morgan fingerprint density at radius 1 is 1.47 bits per heavy atom. The number of nitrogens with zero attached hydrogens (tertiary/aromatic N) is 4. The van der Waals surface area contributed by atoms with Gasteiger partial charge < -0.3 is 10.1 Å². The van der Waals surface area contributed by atoms with Gasteiger partial charge in [0, 0.05) is 13.7 Å². The largest absolute Gasteiger partial charge is 0.383 e. The first-order chi connectivity index (χ1) is 8.29. The van der Waals surface area contributed by atoms with E-state index < -0.39 is 0 Å². The number of unbranched alkanes of at least 4 members (excludes halogenated alkanes) is 1. The van der Waals surface area contributed by atoms with Crippen molar-refractivity contribution in [2.45, 2.75) is 45.7 Å². The molecule has 1 atom stereocenters. The summed E-state index contributed by atoms with van der Waals surface area (Å²) in [7, 11) is 1.69. The third kappa shape index (κ3) is 4.79. The second kappa shape index (κ2) is 8.14. The molecule has 1 unspecified atom stereocenters. The molecule has 0 saturated heterocycles. The van der Waals surface area contributed by atoms with E-state index in [1.807, 2.05) is 4.68 Å². The Balaban J connectivity index is 2.41. The Hall–Kier alpha value is -1.01. The van der Waals surface area contributed by atoms with Gasteiger partial charge in [0.15, 0.2) is 5.82 Å². The van der Waals surface area contributed by atoms with E-state index in [1.54, 1.807) is 7.11 Å². The van der Waals surface area contributed by atoms with Crippen LogP contribution in [0.1, 0.15) is 45.0 Å². The summed E-state index contributed by atoms with van der Waals surface area (Å²) in [6.45, 7) is 6.55. The number of rotatable bonds is 9. The topological polar surface area (TPSA) is 64.9 Å². The van der Waals surface area contributed by atoms with Crippen LogP contribution in [0.15, 0.2) is 0 Å². The van der Waals surface area contributed by atoms with E-state index in [0.717, 1.165) is 18.8 Å². The maximum Gasteiger partial charge on any atom is 0.165 e. The minimum absolute atomic E-state index is 0.365. The zero-order valence-electron chi connectivity index (χ0n) is 11.0. The van der Waals surface area contributed by atoms with Gasteiger partial charge in [0.1, 0.15) is 0 Å². The smallest absolute Gasteiger partial charge is 0.165 e. The average Bonchev–Trinajstić information content (AvgIpc) is 2.80. The van der Waals surface area contributed by atoms with Gasteiger partial charge in [-0.25, -0.2) is 4.68 Å². The zero-order valence-corrected chi connectivity index (χ0v) is 11.0. The fraction of sp³-hybridized carbons (Fsp3) is 0.909. The number of nitrogens with one attached hydrogen (secondary N) is 1. The number of tetrazole rings is 1. The van der Waals surface area contributed by atoms with Crippen LogP contribution in [-0.2, 0) is 11.3 Å². The van der Waals surface area contributed by atoms with Crippen molar-refractivity contribution in [2.24, 2.45) is 0 Å². The molecule has 0 spiro atoms. The Labute approximate surface area is 103 Å². The van der Waals surface area contributed by atoms with Crippen LogP contribution in [0, 0.1) is 0 Å². The van der Waals surface area contributed by atoms with Crippen LogP contribution < -0.4 is 5.32 Å². The molecular formula is C11H23N5O. The molecule has 6 heteroatoms. The van der Waals surface area contributed by atoms with E-state index in [4.69, 9.17) is 4.74 Å². The van der Waals surface area contributed by atoms with Crippen LogP contribution in [0.4, 0.5) is 0 Å². The summed E-state index contributed by atoms with van der Waals surface area (Å²) in [5.74, 6) is 0.893. The predicted octanol–water partition coefficient (Wildman–Crippen LogP) is 1.16. The monoisotopic (exact) mass is 241 g/mol. The molecule has 0 amide bonds. The van der Waals surface area contributed by atoms with E-state index >= 15 is 0 Å². The van der Waals surface area contributed by atoms with Crippen molar-refractivity contribution in [3.05, 3.63) is 5.82 Å². The fourth-order valence-electron chi connectivity index (χ4n) is 1.67. The minimum Gasteiger partial charge on any atom is -0.383 e. The molecule has 6 nitrogen and oxygen atoms in total. The summed E-state index contributed by atoms with van der Waals surface area (Å²) in [4.78, 5) is 0. The average molecular weight is 241 g/mol. The van der Waals surface area contributed by atoms with E-state index in [1.165, 1.54) is 12.8 Å². The maximum atomic E-state index is 4.97. The molecule has 98 valence electrons. The molecule has 0 aliphatic heterocycles. The number of hydrogen-bond acceptors (Lipinski definition) is 5. The Bertz CT molecular complexity index is 302. The molecule has 1 rings (SSSR count). The minimum atomic E-state index is 0.365. The highest BCUT2D eigenvalue weighted by molar-refractivity contribution is 4.82. The van der Waals surface area contributed by atoms with E-state index in [-0.39, 0.29) is 0 Å². The number of hydrogen-bond donors (Lipinski definition) is 1. The molecular weight excluding hydrogens is 218 g/mol. The van der Waals surface area contributed by atoms with E-state index in [9.17, 15) is 0 Å². The first kappa shape index (κ1) is 14.1. The third-order valence-corrected chi connectivity index (χ3v) is 2.72. The van der Waals surface area contributed by atoms with Crippen molar-refractivity contribution in [1.82, 2.24) is 25.5 Å². The summed E-state index contributed by atoms with van der Waals surface area (Å²) in [5.41, 5.74) is 0. The summed E-state index contributed by atoms with van der Waals surface area (Å²) in [6, 6.07) is 0.365. The second-order valence-corrected chi connectivity index (χ2v) is 4.20. The van der Waals surface area contributed by atoms with Gasteiger partial charge in [-0.2, -0.15) is 0 Å². The molecule has 0 aromatic carbocycles. The molecule has 0 radical (unpaired) electrons. The molecule has 0 aliphatic carbocycles. The van der Waals surface area contributed by atoms with Crippen molar-refractivity contribution >= 4 is 0 Å². The van der Waals surface area contributed by atoms with Gasteiger partial charge >= 0.3 is 0 Å². The predicted molar refractivity (Wildman–Crippen MR) is 65.6 cm³/mol. The van der Waals surface area contributed by atoms with Gasteiger partial charge in [0.2, 0.25) is 0 Å². The van der Waals surface area contributed by atoms with Gasteiger partial charge in [-0.3, -0.25) is 0 Å². The Kier molecular flexibility index (Phi) is 6.73. The van der Waals surface area contributed by atoms with Crippen molar-refractivity contribution in [3.8, 4) is 0 Å². The Morgan fingerprint density at radius 3 is 3.00 bits per heavy atom. The van der Waals surface area contributed by atoms with E-state index in [2.05, 4.69) is 34.7 Å². The molecule has 0 aliphatic rings. The molecule has 0 saturated carbocycles. The molecule has 0 bridgehead atoms. The molecule has 1 N–H and O–H groups in total. The van der Waals surface area contributed by atoms with E-state index in [0.29, 0.717) is 19.2 Å². The molecule has 17 heavy (non-hydrogen) atoms. The summed E-state index contributed by atoms with van der Waals surface area (Å²) in [5, 5.41) is 15.1. The van der Waals surface area contributed by atoms with Crippen molar-refractivity contribution in [2.75, 3.05) is 20.3 Å². The Morgan fingerprint density at radius 2 is 2.29 bits per heavy atom. The van der Waals surface area contributed by atoms with Gasteiger partial charge in [-0.15, -0.1) is 5.10 Å². The van der Waals surface area contributed by atoms with Crippen LogP contribution in [0.25, 0.3) is 0 Å². The van der Waals surface area contributed by atoms with Crippen molar-refractivity contribution in [3.63, 3.8) is 0 Å². The second-order valence-electron chi connectivity index (χ2n) is 4.20. The van der Waals surface area contributed by atoms with Crippen LogP contribution in [-0.4, -0.2) is 40.5 Å². The standard InChI is InChI=1S/C11H23N5O/c1-4-5-6-10(2)16-11(13-14-15-16)9-12-7-8-17-3/h10,12H,4-9H2,1-3H3. The highest BCUT2D eigenvalue weighted by Crippen LogP contribution is 2.13. The number of ether oxygens (including phenoxy) is 1. The first-order valence-corrected chi connectivity index (χ1v) is 6.26. The van der Waals surface area contributed by atoms with Gasteiger partial charge in [-0.1, -0.05) is 19.8 Å². The zero-order chi connectivity index (χ0) is 12.5. The summed E-state index contributed by atoms with van der Waals surface area (Å²) in [6.07, 6.45) is 3.53. The van der Waals surface area contributed by atoms with Crippen molar-refractivity contribution in [1.29, 1.82) is 0 Å². The fourth-order valence-corrected chi connectivity index (χ4v) is 1.67. The van der Waals surface area contributed by atoms with Crippen LogP contribution in [0.5, 0.6) is 0 Å². The van der Waals surface area contributed by atoms with Gasteiger partial charge in [0.05, 0.1) is 19.2 Å². The molecule has 1 aromatic heterocycles. The number of aromatic nitrogens is 4. The number of methoxy groups -OCH3 is 1. The highest BCUT2D eigenvalue weighted by Gasteiger charge is 2.11. The lowest BCUT2D eigenvalue weighted by molar-refractivity contribution is 0.198. The van der Waals surface area contributed by atoms with Gasteiger partial charge in [0.25, 0.3) is 0 Å². The lowest BCUT2D eigenvalue weighted by Gasteiger charge is -2.13. The van der Waals surface area contributed by atoms with Gasteiger partial charge in [-0.05, 0) is 23.8 Å². The molecule has 1 heterocycles. The van der Waals surface area contributed by atoms with Crippen molar-refractivity contribution < 1.29 is 4.74 Å². The lowest BCUT2D eigenvalue weighted by Crippen LogP contribution is -2.22.